The summed E-state index contributed by atoms with van der Waals surface area (Å²) < 4.78 is 11.9. The number of carbonyl (C=O) groups excluding carboxylic acids is 2. The maximum absolute atomic E-state index is 13.5. The molecule has 2 heterocycles. The SMILES string of the molecule is CS[C@]12C(=O)O[C@H]3CC[C@@H]4[C@@H]5[C@@H]6C(=O)O[C@@H]7CC[C@@H]8[C@H]7[C@@H]6[C@H]([C@@H]5[C@@H]1[C@H]43)[C@H]82. The van der Waals surface area contributed by atoms with Gasteiger partial charge in [0.1, 0.15) is 17.0 Å². The van der Waals surface area contributed by atoms with Gasteiger partial charge in [0.15, 0.2) is 0 Å². The number of fused-ring (bicyclic) bond motifs is 4. The van der Waals surface area contributed by atoms with E-state index in [4.69, 9.17) is 9.47 Å². The van der Waals surface area contributed by atoms with Gasteiger partial charge in [-0.1, -0.05) is 0 Å². The zero-order chi connectivity index (χ0) is 17.1. The third kappa shape index (κ3) is 1.11. The van der Waals surface area contributed by atoms with Crippen LogP contribution in [0, 0.1) is 65.1 Å². The molecular formula is C21H24O4S. The molecule has 0 aromatic heterocycles. The molecule has 8 fully saturated rings. The van der Waals surface area contributed by atoms with E-state index in [1.165, 1.54) is 0 Å². The zero-order valence-electron chi connectivity index (χ0n) is 14.9. The number of rotatable bonds is 1. The van der Waals surface area contributed by atoms with E-state index in [9.17, 15) is 9.59 Å². The van der Waals surface area contributed by atoms with Gasteiger partial charge in [-0.3, -0.25) is 9.59 Å². The predicted molar refractivity (Wildman–Crippen MR) is 92.9 cm³/mol. The Morgan fingerprint density at radius 1 is 0.808 bits per heavy atom. The van der Waals surface area contributed by atoms with Crippen LogP contribution >= 0.6 is 11.8 Å². The third-order valence-corrected chi connectivity index (χ3v) is 12.1. The topological polar surface area (TPSA) is 52.6 Å². The second kappa shape index (κ2) is 4.01. The van der Waals surface area contributed by atoms with Crippen molar-refractivity contribution in [1.82, 2.24) is 0 Å². The lowest BCUT2D eigenvalue weighted by molar-refractivity contribution is -0.173. The summed E-state index contributed by atoms with van der Waals surface area (Å²) in [5.74, 6) is 5.67. The molecule has 14 atom stereocenters. The summed E-state index contributed by atoms with van der Waals surface area (Å²) in [7, 11) is 0. The van der Waals surface area contributed by atoms with Crippen LogP contribution in [0.4, 0.5) is 0 Å². The number of ether oxygens (including phenoxy) is 2. The van der Waals surface area contributed by atoms with Gasteiger partial charge in [0, 0.05) is 11.8 Å². The average Bonchev–Trinajstić information content (AvgIpc) is 3.37. The highest BCUT2D eigenvalue weighted by molar-refractivity contribution is 8.00. The summed E-state index contributed by atoms with van der Waals surface area (Å²) in [5, 5.41) is 0. The Hall–Kier alpha value is -0.710. The van der Waals surface area contributed by atoms with Gasteiger partial charge >= 0.3 is 11.9 Å². The van der Waals surface area contributed by atoms with Crippen LogP contribution in [-0.2, 0) is 19.1 Å². The monoisotopic (exact) mass is 372 g/mol. The van der Waals surface area contributed by atoms with Gasteiger partial charge in [-0.2, -0.15) is 0 Å². The van der Waals surface area contributed by atoms with E-state index in [0.717, 1.165) is 25.7 Å². The number of esters is 2. The molecular weight excluding hydrogens is 348 g/mol. The molecule has 0 aromatic carbocycles. The van der Waals surface area contributed by atoms with Crippen molar-refractivity contribution in [2.24, 2.45) is 65.1 Å². The van der Waals surface area contributed by atoms with Crippen molar-refractivity contribution in [2.45, 2.75) is 42.6 Å². The lowest BCUT2D eigenvalue weighted by Gasteiger charge is -2.47. The number of thioether (sulfide) groups is 1. The molecule has 8 aliphatic rings. The van der Waals surface area contributed by atoms with Crippen LogP contribution in [0.5, 0.6) is 0 Å². The van der Waals surface area contributed by atoms with Crippen LogP contribution in [0.1, 0.15) is 25.7 Å². The lowest BCUT2D eigenvalue weighted by Crippen LogP contribution is -2.56. The molecule has 2 aliphatic heterocycles. The first-order chi connectivity index (χ1) is 12.7. The molecule has 0 unspecified atom stereocenters. The minimum Gasteiger partial charge on any atom is -0.462 e. The predicted octanol–water partition coefficient (Wildman–Crippen LogP) is 2.36. The lowest BCUT2D eigenvalue weighted by atomic mass is 9.70. The molecule has 2 saturated heterocycles. The average molecular weight is 372 g/mol. The Morgan fingerprint density at radius 2 is 1.54 bits per heavy atom. The molecule has 6 aliphatic carbocycles. The minimum absolute atomic E-state index is 0.114. The fraction of sp³-hybridized carbons (Fsp3) is 0.905. The third-order valence-electron chi connectivity index (χ3n) is 10.7. The van der Waals surface area contributed by atoms with Crippen molar-refractivity contribution >= 4 is 23.7 Å². The molecule has 0 radical (unpaired) electrons. The molecule has 138 valence electrons. The van der Waals surface area contributed by atoms with Crippen molar-refractivity contribution in [3.8, 4) is 0 Å². The van der Waals surface area contributed by atoms with E-state index in [0.29, 0.717) is 59.2 Å². The van der Waals surface area contributed by atoms with Gasteiger partial charge in [0.25, 0.3) is 0 Å². The van der Waals surface area contributed by atoms with Crippen molar-refractivity contribution < 1.29 is 19.1 Å². The highest BCUT2D eigenvalue weighted by Crippen LogP contribution is 2.84. The molecule has 5 heteroatoms. The first-order valence-corrected chi connectivity index (χ1v) is 11.9. The standard InChI is InChI=1S/C21H24O4S/c1-26-21-17-7-3-5-8-10(7)13-15(17)14-12(16(13)19(22)24-8)6-2-4-9(25-20(21)23)11(6)18(14)21/h6-18H,2-5H2,1H3/t6-,7+,8+,9-,10+,11+,12-,13+,14+,15+,16-,17-,18-,21-/m0/s1. The summed E-state index contributed by atoms with van der Waals surface area (Å²) in [5.41, 5.74) is 0. The summed E-state index contributed by atoms with van der Waals surface area (Å²) in [6.07, 6.45) is 6.76. The van der Waals surface area contributed by atoms with Crippen molar-refractivity contribution in [1.29, 1.82) is 0 Å². The fourth-order valence-electron chi connectivity index (χ4n) is 10.8. The van der Waals surface area contributed by atoms with Gasteiger partial charge in [0.2, 0.25) is 0 Å². The Labute approximate surface area is 157 Å². The summed E-state index contributed by atoms with van der Waals surface area (Å²) >= 11 is 1.82. The number of carbonyl (C=O) groups is 2. The highest BCUT2D eigenvalue weighted by Gasteiger charge is 2.86. The van der Waals surface area contributed by atoms with Crippen LogP contribution in [0.25, 0.3) is 0 Å². The molecule has 4 nitrogen and oxygen atoms in total. The Bertz CT molecular complexity index is 782. The smallest absolute Gasteiger partial charge is 0.323 e. The molecule has 0 spiro atoms. The quantitative estimate of drug-likeness (QED) is 0.662. The van der Waals surface area contributed by atoms with E-state index in [-0.39, 0.29) is 34.8 Å². The summed E-state index contributed by atoms with van der Waals surface area (Å²) in [6, 6.07) is 0. The molecule has 8 rings (SSSR count). The van der Waals surface area contributed by atoms with Crippen LogP contribution in [-0.4, -0.2) is 35.1 Å². The van der Waals surface area contributed by atoms with Crippen molar-refractivity contribution in [3.05, 3.63) is 0 Å². The first-order valence-electron chi connectivity index (χ1n) is 10.6. The largest absolute Gasteiger partial charge is 0.462 e. The molecule has 0 N–H and O–H groups in total. The maximum Gasteiger partial charge on any atom is 0.323 e. The Kier molecular flexibility index (Phi) is 2.21. The van der Waals surface area contributed by atoms with Crippen LogP contribution < -0.4 is 0 Å². The first kappa shape index (κ1) is 14.3. The minimum atomic E-state index is -0.321. The maximum atomic E-state index is 13.5. The zero-order valence-corrected chi connectivity index (χ0v) is 15.7. The van der Waals surface area contributed by atoms with E-state index >= 15 is 0 Å². The number of hydrogen-bond acceptors (Lipinski definition) is 5. The normalized spacial score (nSPS) is 69.8. The van der Waals surface area contributed by atoms with Gasteiger partial charge in [-0.05, 0) is 79.3 Å². The molecule has 26 heavy (non-hydrogen) atoms. The van der Waals surface area contributed by atoms with E-state index in [1.54, 1.807) is 0 Å². The van der Waals surface area contributed by atoms with Gasteiger partial charge in [-0.25, -0.2) is 0 Å². The Morgan fingerprint density at radius 3 is 2.35 bits per heavy atom. The van der Waals surface area contributed by atoms with E-state index in [2.05, 4.69) is 6.26 Å². The Balaban J connectivity index is 1.43. The highest BCUT2D eigenvalue weighted by atomic mass is 32.2. The van der Waals surface area contributed by atoms with Gasteiger partial charge in [0.05, 0.1) is 5.92 Å². The molecule has 0 aromatic rings. The fourth-order valence-corrected chi connectivity index (χ4v) is 12.2. The summed E-state index contributed by atoms with van der Waals surface area (Å²) in [6.45, 7) is 0. The van der Waals surface area contributed by atoms with Gasteiger partial charge in [-0.15, -0.1) is 11.8 Å². The van der Waals surface area contributed by atoms with E-state index in [1.807, 2.05) is 11.8 Å². The second-order valence-electron chi connectivity index (χ2n) is 10.4. The van der Waals surface area contributed by atoms with Crippen molar-refractivity contribution in [3.63, 3.8) is 0 Å². The summed E-state index contributed by atoms with van der Waals surface area (Å²) in [4.78, 5) is 26.6. The van der Waals surface area contributed by atoms with Crippen LogP contribution in [0.3, 0.4) is 0 Å². The second-order valence-corrected chi connectivity index (χ2v) is 11.5. The molecule has 0 bridgehead atoms. The van der Waals surface area contributed by atoms with E-state index < -0.39 is 0 Å². The van der Waals surface area contributed by atoms with Crippen LogP contribution in [0.2, 0.25) is 0 Å². The molecule has 6 saturated carbocycles. The van der Waals surface area contributed by atoms with Crippen molar-refractivity contribution in [2.75, 3.05) is 6.26 Å². The van der Waals surface area contributed by atoms with Crippen LogP contribution in [0.15, 0.2) is 0 Å². The number of hydrogen-bond donors (Lipinski definition) is 0. The van der Waals surface area contributed by atoms with Gasteiger partial charge < -0.3 is 9.47 Å². The molecule has 0 amide bonds.